The van der Waals surface area contributed by atoms with Crippen LogP contribution in [-0.2, 0) is 19.4 Å². The van der Waals surface area contributed by atoms with Gasteiger partial charge in [-0.2, -0.15) is 0 Å². The Morgan fingerprint density at radius 1 is 1.14 bits per heavy atom. The van der Waals surface area contributed by atoms with Crippen molar-refractivity contribution in [2.24, 2.45) is 0 Å². The molecule has 0 bridgehead atoms. The van der Waals surface area contributed by atoms with E-state index in [0.717, 1.165) is 11.1 Å². The number of rotatable bonds is 5. The summed E-state index contributed by atoms with van der Waals surface area (Å²) in [5.74, 6) is -0.547. The zero-order valence-corrected chi connectivity index (χ0v) is 17.3. The molecule has 1 N–H and O–H groups in total. The van der Waals surface area contributed by atoms with Gasteiger partial charge in [0.05, 0.1) is 17.2 Å². The molecule has 3 aromatic rings. The minimum atomic E-state index is -3.87. The molecule has 0 amide bonds. The molecular formula is C21H20ClNO4S. The molecule has 146 valence electrons. The van der Waals surface area contributed by atoms with Crippen LogP contribution in [0.15, 0.2) is 52.3 Å². The number of sulfone groups is 1. The van der Waals surface area contributed by atoms with Gasteiger partial charge in [-0.15, -0.1) is 0 Å². The number of nitrogens with one attached hydrogen (secondary N) is 1. The standard InChI is InChI=1S/C21H20ClNO4S/c1-4-27-20(24)8-7-19-21(17-12-15(22)5-6-18(17)23-19)28(25,26)16-10-13(2)9-14(3)11-16/h5-12,23H,4H2,1-3H3. The van der Waals surface area contributed by atoms with Crippen LogP contribution in [-0.4, -0.2) is 26.0 Å². The second-order valence-electron chi connectivity index (χ2n) is 6.47. The minimum Gasteiger partial charge on any atom is -0.463 e. The molecule has 0 atom stereocenters. The van der Waals surface area contributed by atoms with Crippen LogP contribution in [0.5, 0.6) is 0 Å². The minimum absolute atomic E-state index is 0.0792. The van der Waals surface area contributed by atoms with Crippen LogP contribution in [0, 0.1) is 13.8 Å². The Bertz CT molecular complexity index is 1170. The summed E-state index contributed by atoms with van der Waals surface area (Å²) < 4.78 is 31.9. The largest absolute Gasteiger partial charge is 0.463 e. The molecule has 0 aliphatic carbocycles. The van der Waals surface area contributed by atoms with E-state index in [0.29, 0.717) is 21.6 Å². The Balaban J connectivity index is 2.26. The number of hydrogen-bond acceptors (Lipinski definition) is 4. The van der Waals surface area contributed by atoms with Gasteiger partial charge < -0.3 is 9.72 Å². The van der Waals surface area contributed by atoms with E-state index in [2.05, 4.69) is 4.98 Å². The van der Waals surface area contributed by atoms with E-state index in [4.69, 9.17) is 16.3 Å². The number of carbonyl (C=O) groups excluding carboxylic acids is 1. The molecule has 1 aromatic heterocycles. The number of H-pyrrole nitrogens is 1. The lowest BCUT2D eigenvalue weighted by Gasteiger charge is -2.08. The number of aromatic amines is 1. The molecule has 0 fully saturated rings. The number of halogens is 1. The van der Waals surface area contributed by atoms with E-state index in [1.54, 1.807) is 37.3 Å². The average Bonchev–Trinajstić information content (AvgIpc) is 2.97. The third-order valence-electron chi connectivity index (χ3n) is 4.19. The van der Waals surface area contributed by atoms with Gasteiger partial charge in [-0.1, -0.05) is 17.7 Å². The molecule has 0 saturated heterocycles. The summed E-state index contributed by atoms with van der Waals surface area (Å²) >= 11 is 6.11. The molecule has 2 aromatic carbocycles. The molecule has 0 unspecified atom stereocenters. The van der Waals surface area contributed by atoms with Crippen molar-refractivity contribution < 1.29 is 17.9 Å². The summed E-state index contributed by atoms with van der Waals surface area (Å²) in [5.41, 5.74) is 2.60. The quantitative estimate of drug-likeness (QED) is 0.475. The Labute approximate surface area is 168 Å². The van der Waals surface area contributed by atoms with Crippen molar-refractivity contribution in [2.45, 2.75) is 30.6 Å². The third kappa shape index (κ3) is 3.98. The summed E-state index contributed by atoms with van der Waals surface area (Å²) in [7, 11) is -3.87. The number of carbonyl (C=O) groups is 1. The summed E-state index contributed by atoms with van der Waals surface area (Å²) in [5, 5.41) is 0.888. The highest BCUT2D eigenvalue weighted by Crippen LogP contribution is 2.34. The molecule has 5 nitrogen and oxygen atoms in total. The van der Waals surface area contributed by atoms with Crippen molar-refractivity contribution in [1.29, 1.82) is 0 Å². The molecule has 7 heteroatoms. The van der Waals surface area contributed by atoms with Crippen molar-refractivity contribution >= 4 is 44.4 Å². The summed E-state index contributed by atoms with van der Waals surface area (Å²) in [6, 6.07) is 10.2. The number of aryl methyl sites for hydroxylation is 2. The topological polar surface area (TPSA) is 76.2 Å². The van der Waals surface area contributed by atoms with Crippen LogP contribution >= 0.6 is 11.6 Å². The van der Waals surface area contributed by atoms with Gasteiger partial charge >= 0.3 is 5.97 Å². The van der Waals surface area contributed by atoms with Crippen LogP contribution in [0.2, 0.25) is 5.02 Å². The normalized spacial score (nSPS) is 12.0. The third-order valence-corrected chi connectivity index (χ3v) is 6.26. The summed E-state index contributed by atoms with van der Waals surface area (Å²) in [4.78, 5) is 15.0. The van der Waals surface area contributed by atoms with E-state index in [-0.39, 0.29) is 16.4 Å². The van der Waals surface area contributed by atoms with Crippen molar-refractivity contribution in [3.05, 3.63) is 64.3 Å². The number of aromatic nitrogens is 1. The Morgan fingerprint density at radius 3 is 2.46 bits per heavy atom. The second-order valence-corrected chi connectivity index (χ2v) is 8.79. The van der Waals surface area contributed by atoms with Crippen LogP contribution in [0.4, 0.5) is 0 Å². The average molecular weight is 418 g/mol. The van der Waals surface area contributed by atoms with Gasteiger partial charge in [-0.25, -0.2) is 13.2 Å². The van der Waals surface area contributed by atoms with E-state index < -0.39 is 15.8 Å². The van der Waals surface area contributed by atoms with Crippen molar-refractivity contribution in [3.63, 3.8) is 0 Å². The predicted octanol–water partition coefficient (Wildman–Crippen LogP) is 4.85. The van der Waals surface area contributed by atoms with Crippen molar-refractivity contribution in [1.82, 2.24) is 4.98 Å². The SMILES string of the molecule is CCOC(=O)C=Cc1[nH]c2ccc(Cl)cc2c1S(=O)(=O)c1cc(C)cc(C)c1. The maximum Gasteiger partial charge on any atom is 0.330 e. The Kier molecular flexibility index (Phi) is 5.63. The predicted molar refractivity (Wildman–Crippen MR) is 110 cm³/mol. The lowest BCUT2D eigenvalue weighted by atomic mass is 10.2. The van der Waals surface area contributed by atoms with Gasteiger partial charge in [0.2, 0.25) is 9.84 Å². The first-order valence-corrected chi connectivity index (χ1v) is 10.6. The molecule has 0 aliphatic heterocycles. The van der Waals surface area contributed by atoms with Gasteiger partial charge in [-0.05, 0) is 68.3 Å². The fraction of sp³-hybridized carbons (Fsp3) is 0.190. The van der Waals surface area contributed by atoms with E-state index in [1.165, 1.54) is 12.2 Å². The summed E-state index contributed by atoms with van der Waals surface area (Å²) in [6.45, 7) is 5.63. The highest BCUT2D eigenvalue weighted by molar-refractivity contribution is 7.91. The van der Waals surface area contributed by atoms with Gasteiger partial charge in [0.25, 0.3) is 0 Å². The van der Waals surface area contributed by atoms with Crippen LogP contribution in [0.3, 0.4) is 0 Å². The van der Waals surface area contributed by atoms with Crippen LogP contribution in [0.25, 0.3) is 17.0 Å². The monoisotopic (exact) mass is 417 g/mol. The molecule has 28 heavy (non-hydrogen) atoms. The first-order valence-electron chi connectivity index (χ1n) is 8.72. The van der Waals surface area contributed by atoms with Gasteiger partial charge in [0.1, 0.15) is 4.90 Å². The fourth-order valence-corrected chi connectivity index (χ4v) is 5.07. The highest BCUT2D eigenvalue weighted by atomic mass is 35.5. The lowest BCUT2D eigenvalue weighted by molar-refractivity contribution is -0.137. The number of fused-ring (bicyclic) bond motifs is 1. The highest BCUT2D eigenvalue weighted by Gasteiger charge is 2.26. The lowest BCUT2D eigenvalue weighted by Crippen LogP contribution is -2.05. The van der Waals surface area contributed by atoms with Crippen LogP contribution in [0.1, 0.15) is 23.7 Å². The zero-order chi connectivity index (χ0) is 20.5. The van der Waals surface area contributed by atoms with Gasteiger partial charge in [0, 0.05) is 22.0 Å². The first-order chi connectivity index (χ1) is 13.2. The fourth-order valence-electron chi connectivity index (χ4n) is 3.11. The molecule has 0 spiro atoms. The van der Waals surface area contributed by atoms with Crippen molar-refractivity contribution in [3.8, 4) is 0 Å². The second kappa shape index (κ2) is 7.81. The molecule has 0 aliphatic rings. The maximum absolute atomic E-state index is 13.5. The Morgan fingerprint density at radius 2 is 1.82 bits per heavy atom. The van der Waals surface area contributed by atoms with Crippen LogP contribution < -0.4 is 0 Å². The van der Waals surface area contributed by atoms with Crippen molar-refractivity contribution in [2.75, 3.05) is 6.61 Å². The zero-order valence-electron chi connectivity index (χ0n) is 15.7. The smallest absolute Gasteiger partial charge is 0.330 e. The van der Waals surface area contributed by atoms with E-state index >= 15 is 0 Å². The van der Waals surface area contributed by atoms with E-state index in [1.807, 2.05) is 19.9 Å². The number of hydrogen-bond donors (Lipinski definition) is 1. The molecule has 0 radical (unpaired) electrons. The Hall–Kier alpha value is -2.57. The van der Waals surface area contributed by atoms with E-state index in [9.17, 15) is 13.2 Å². The molecule has 1 heterocycles. The number of ether oxygens (including phenoxy) is 1. The maximum atomic E-state index is 13.5. The first kappa shape index (κ1) is 20.2. The van der Waals surface area contributed by atoms with Gasteiger partial charge in [0.15, 0.2) is 0 Å². The molecule has 0 saturated carbocycles. The summed E-state index contributed by atoms with van der Waals surface area (Å²) in [6.07, 6.45) is 2.62. The van der Waals surface area contributed by atoms with Gasteiger partial charge in [-0.3, -0.25) is 0 Å². The molecular weight excluding hydrogens is 398 g/mol. The number of benzene rings is 2. The number of esters is 1. The molecule has 3 rings (SSSR count).